The van der Waals surface area contributed by atoms with Crippen LogP contribution in [0.3, 0.4) is 0 Å². The molecule has 6 rings (SSSR count). The van der Waals surface area contributed by atoms with Gasteiger partial charge in [0.15, 0.2) is 5.65 Å². The van der Waals surface area contributed by atoms with Crippen molar-refractivity contribution in [3.63, 3.8) is 0 Å². The third-order valence-electron chi connectivity index (χ3n) is 9.64. The molecule has 2 aromatic heterocycles. The maximum atomic E-state index is 11.7. The number of ether oxygens (including phenoxy) is 4. The van der Waals surface area contributed by atoms with Gasteiger partial charge in [0.2, 0.25) is 11.9 Å². The quantitative estimate of drug-likeness (QED) is 0.0524. The van der Waals surface area contributed by atoms with E-state index in [0.717, 1.165) is 28.2 Å². The Kier molecular flexibility index (Phi) is 13.8. The zero-order valence-corrected chi connectivity index (χ0v) is 34.3. The molecule has 57 heavy (non-hydrogen) atoms. The van der Waals surface area contributed by atoms with Crippen molar-refractivity contribution < 1.29 is 32.8 Å². The fourth-order valence-electron chi connectivity index (χ4n) is 7.09. The van der Waals surface area contributed by atoms with E-state index in [9.17, 15) is 10.1 Å². The summed E-state index contributed by atoms with van der Waals surface area (Å²) in [5.41, 5.74) is 2.61. The molecule has 1 aliphatic rings. The molecule has 4 atom stereocenters. The van der Waals surface area contributed by atoms with Crippen molar-refractivity contribution in [1.82, 2.24) is 24.2 Å². The van der Waals surface area contributed by atoms with Gasteiger partial charge >= 0.3 is 0 Å². The Balaban J connectivity index is 1.42. The summed E-state index contributed by atoms with van der Waals surface area (Å²) >= 11 is 0. The predicted molar refractivity (Wildman–Crippen MR) is 217 cm³/mol. The normalized spacial score (nSPS) is 17.6. The number of carbonyl (C=O) groups excluding carboxylic acids is 1. The van der Waals surface area contributed by atoms with E-state index in [1.807, 2.05) is 71.3 Å². The number of amides is 1. The second-order valence-corrected chi connectivity index (χ2v) is 15.5. The van der Waals surface area contributed by atoms with E-state index in [1.165, 1.54) is 6.92 Å². The maximum absolute atomic E-state index is 11.7. The molecule has 1 saturated heterocycles. The van der Waals surface area contributed by atoms with Gasteiger partial charge in [0.1, 0.15) is 34.9 Å². The summed E-state index contributed by atoms with van der Waals surface area (Å²) in [5, 5.41) is 12.0. The highest BCUT2D eigenvalue weighted by Crippen LogP contribution is 2.51. The van der Waals surface area contributed by atoms with Gasteiger partial charge in [0.25, 0.3) is 8.53 Å². The second-order valence-electron chi connectivity index (χ2n) is 14.1. The number of aromatic nitrogens is 4. The average molecular weight is 796 g/mol. The lowest BCUT2D eigenvalue weighted by Gasteiger charge is -2.39. The van der Waals surface area contributed by atoms with Gasteiger partial charge < -0.3 is 32.6 Å². The predicted octanol–water partition coefficient (Wildman–Crippen LogP) is 7.76. The van der Waals surface area contributed by atoms with Crippen molar-refractivity contribution in [2.24, 2.45) is 0 Å². The minimum Gasteiger partial charge on any atom is -0.497 e. The number of nitriles is 1. The minimum absolute atomic E-state index is 0.0921. The summed E-state index contributed by atoms with van der Waals surface area (Å²) in [6, 6.07) is 28.2. The molecular weight excluding hydrogens is 745 g/mol. The molecule has 1 amide bonds. The van der Waals surface area contributed by atoms with Crippen LogP contribution in [0.25, 0.3) is 11.2 Å². The molecule has 14 nitrogen and oxygen atoms in total. The van der Waals surface area contributed by atoms with E-state index in [4.69, 9.17) is 28.0 Å². The van der Waals surface area contributed by atoms with Crippen LogP contribution < -0.4 is 14.8 Å². The largest absolute Gasteiger partial charge is 0.497 e. The highest BCUT2D eigenvalue weighted by molar-refractivity contribution is 7.44. The Bertz CT molecular complexity index is 2050. The first kappa shape index (κ1) is 41.6. The Morgan fingerprint density at radius 2 is 1.58 bits per heavy atom. The first-order valence-corrected chi connectivity index (χ1v) is 20.1. The summed E-state index contributed by atoms with van der Waals surface area (Å²) in [5.74, 6) is 1.32. The molecular formula is C42H50N7O7P. The maximum Gasteiger partial charge on any atom is 0.259 e. The SMILES string of the molecule is COc1ccc(C(OC[C@H]2O[C@@H](n3cnc4nc(NC(C)=O)ncc43)C[C@@H]2OP(OCCC#N)N(C(C)C)C(C)C)(c2ccccc2)c2ccc(OC)cc2)cc1. The molecule has 1 N–H and O–H groups in total. The second kappa shape index (κ2) is 19.0. The first-order chi connectivity index (χ1) is 27.6. The number of methoxy groups -OCH3 is 2. The summed E-state index contributed by atoms with van der Waals surface area (Å²) in [7, 11) is 1.66. The third kappa shape index (κ3) is 9.42. The zero-order valence-electron chi connectivity index (χ0n) is 33.4. The van der Waals surface area contributed by atoms with E-state index in [2.05, 4.69) is 70.8 Å². The van der Waals surface area contributed by atoms with Crippen LogP contribution in [-0.2, 0) is 28.9 Å². The molecule has 300 valence electrons. The lowest BCUT2D eigenvalue weighted by Crippen LogP contribution is -2.39. The number of anilines is 1. The minimum atomic E-state index is -1.63. The molecule has 1 fully saturated rings. The van der Waals surface area contributed by atoms with Crippen molar-refractivity contribution in [3.8, 4) is 17.6 Å². The van der Waals surface area contributed by atoms with E-state index in [0.29, 0.717) is 17.6 Å². The Morgan fingerprint density at radius 1 is 0.965 bits per heavy atom. The number of fused-ring (bicyclic) bond motifs is 1. The molecule has 0 spiro atoms. The summed E-state index contributed by atoms with van der Waals surface area (Å²) < 4.78 is 42.8. The van der Waals surface area contributed by atoms with Crippen molar-refractivity contribution in [3.05, 3.63) is 108 Å². The summed E-state index contributed by atoms with van der Waals surface area (Å²) in [4.78, 5) is 25.0. The lowest BCUT2D eigenvalue weighted by molar-refractivity contribution is -0.114. The molecule has 1 unspecified atom stereocenters. The number of rotatable bonds is 18. The molecule has 1 aliphatic heterocycles. The Morgan fingerprint density at radius 3 is 2.14 bits per heavy atom. The van der Waals surface area contributed by atoms with Gasteiger partial charge in [-0.1, -0.05) is 54.6 Å². The number of imidazole rings is 1. The highest BCUT2D eigenvalue weighted by atomic mass is 31.2. The van der Waals surface area contributed by atoms with Crippen LogP contribution in [-0.4, -0.2) is 81.8 Å². The average Bonchev–Trinajstić information content (AvgIpc) is 3.82. The van der Waals surface area contributed by atoms with Gasteiger partial charge in [-0.05, 0) is 68.7 Å². The molecule has 0 saturated carbocycles. The third-order valence-corrected chi connectivity index (χ3v) is 11.8. The number of nitrogens with one attached hydrogen (secondary N) is 1. The van der Waals surface area contributed by atoms with Crippen LogP contribution in [0.4, 0.5) is 5.95 Å². The monoisotopic (exact) mass is 795 g/mol. The van der Waals surface area contributed by atoms with Crippen LogP contribution in [0.2, 0.25) is 0 Å². The number of hydrogen-bond acceptors (Lipinski definition) is 12. The van der Waals surface area contributed by atoms with E-state index in [1.54, 1.807) is 26.7 Å². The smallest absolute Gasteiger partial charge is 0.259 e. The molecule has 0 aliphatic carbocycles. The van der Waals surface area contributed by atoms with Gasteiger partial charge in [0.05, 0.1) is 58.6 Å². The summed E-state index contributed by atoms with van der Waals surface area (Å²) in [6.45, 7) is 10.1. The topological polar surface area (TPSA) is 155 Å². The van der Waals surface area contributed by atoms with Crippen molar-refractivity contribution >= 4 is 31.5 Å². The Labute approximate surface area is 335 Å². The fraction of sp³-hybridized carbons (Fsp3) is 0.405. The molecule has 0 radical (unpaired) electrons. The van der Waals surface area contributed by atoms with Crippen molar-refractivity contribution in [2.75, 3.05) is 32.8 Å². The fourth-order valence-corrected chi connectivity index (χ4v) is 8.85. The van der Waals surface area contributed by atoms with Gasteiger partial charge in [-0.2, -0.15) is 10.2 Å². The van der Waals surface area contributed by atoms with Gasteiger partial charge in [-0.25, -0.2) is 14.6 Å². The lowest BCUT2D eigenvalue weighted by atomic mass is 9.80. The van der Waals surface area contributed by atoms with Crippen LogP contribution in [0.1, 0.15) is 70.4 Å². The molecule has 15 heteroatoms. The summed E-state index contributed by atoms with van der Waals surface area (Å²) in [6.07, 6.45) is 2.27. The van der Waals surface area contributed by atoms with Crippen molar-refractivity contribution in [1.29, 1.82) is 5.26 Å². The molecule has 0 bridgehead atoms. The highest BCUT2D eigenvalue weighted by Gasteiger charge is 2.45. The Hall–Kier alpha value is -5.00. The van der Waals surface area contributed by atoms with Crippen molar-refractivity contribution in [2.45, 2.75) is 83.6 Å². The molecule has 3 aromatic carbocycles. The van der Waals surface area contributed by atoms with E-state index >= 15 is 0 Å². The molecule has 5 aromatic rings. The van der Waals surface area contributed by atoms with Gasteiger partial charge in [-0.15, -0.1) is 0 Å². The van der Waals surface area contributed by atoms with Crippen LogP contribution >= 0.6 is 8.53 Å². The van der Waals surface area contributed by atoms with Crippen LogP contribution in [0, 0.1) is 11.3 Å². The van der Waals surface area contributed by atoms with E-state index < -0.39 is 32.6 Å². The number of nitrogens with zero attached hydrogens (tertiary/aromatic N) is 6. The zero-order chi connectivity index (χ0) is 40.5. The number of carbonyl (C=O) groups is 1. The van der Waals surface area contributed by atoms with Gasteiger partial charge in [-0.3, -0.25) is 10.1 Å². The standard InChI is InChI=1S/C42H50N7O7P/c1-28(2)49(29(3)4)57(54-23-11-22-43)56-37-24-39(48-27-45-40-36(48)25-44-41(47-40)46-30(5)50)55-38(37)26-53-42(31-12-9-8-10-13-31,32-14-18-34(51-6)19-15-32)33-16-20-35(52-7)21-17-33/h8-10,12-21,25,27-29,37-39H,11,23-24,26H2,1-7H3,(H,44,46,47,50)/t37-,38+,39+,57?/m0/s1. The van der Waals surface area contributed by atoms with Crippen LogP contribution in [0.15, 0.2) is 91.4 Å². The van der Waals surface area contributed by atoms with E-state index in [-0.39, 0.29) is 43.6 Å². The number of benzene rings is 3. The van der Waals surface area contributed by atoms with Gasteiger partial charge in [0, 0.05) is 25.4 Å². The number of hydrogen-bond donors (Lipinski definition) is 1. The van der Waals surface area contributed by atoms with Crippen LogP contribution in [0.5, 0.6) is 11.5 Å². The first-order valence-electron chi connectivity index (χ1n) is 18.9. The molecule has 3 heterocycles.